The van der Waals surface area contributed by atoms with Crippen LogP contribution in [0.5, 0.6) is 0 Å². The highest BCUT2D eigenvalue weighted by Crippen LogP contribution is 2.23. The van der Waals surface area contributed by atoms with Crippen LogP contribution in [0.25, 0.3) is 0 Å². The molecule has 0 saturated carbocycles. The summed E-state index contributed by atoms with van der Waals surface area (Å²) in [6.07, 6.45) is 2.36. The quantitative estimate of drug-likeness (QED) is 0.795. The van der Waals surface area contributed by atoms with Gasteiger partial charge in [-0.2, -0.15) is 0 Å². The Morgan fingerprint density at radius 1 is 1.25 bits per heavy atom. The lowest BCUT2D eigenvalue weighted by Gasteiger charge is -2.02. The molecule has 0 bridgehead atoms. The minimum atomic E-state index is -0.293. The normalized spacial score (nSPS) is 10.9. The molecule has 1 aromatic carbocycles. The Bertz CT molecular complexity index is 539. The van der Waals surface area contributed by atoms with Gasteiger partial charge in [-0.15, -0.1) is 21.5 Å². The predicted octanol–water partition coefficient (Wildman–Crippen LogP) is 3.46. The maximum Gasteiger partial charge on any atom is 0.128 e. The molecule has 2 aromatic rings. The van der Waals surface area contributed by atoms with E-state index in [-0.39, 0.29) is 5.82 Å². The fourth-order valence-electron chi connectivity index (χ4n) is 1.81. The lowest BCUT2D eigenvalue weighted by molar-refractivity contribution is 0.613. The summed E-state index contributed by atoms with van der Waals surface area (Å²) in [6, 6.07) is 4.71. The molecule has 0 radical (unpaired) electrons. The first-order valence-electron chi connectivity index (χ1n) is 6.65. The molecule has 0 fully saturated rings. The molecule has 6 heteroatoms. The molecule has 1 N–H and O–H groups in total. The third-order valence-corrected chi connectivity index (χ3v) is 4.18. The van der Waals surface area contributed by atoms with Gasteiger partial charge in [-0.05, 0) is 25.1 Å². The largest absolute Gasteiger partial charge is 0.316 e. The van der Waals surface area contributed by atoms with Crippen LogP contribution in [-0.2, 0) is 12.8 Å². The van der Waals surface area contributed by atoms with Gasteiger partial charge in [0.2, 0.25) is 0 Å². The molecule has 0 spiro atoms. The van der Waals surface area contributed by atoms with E-state index < -0.39 is 0 Å². The first-order chi connectivity index (χ1) is 9.70. The van der Waals surface area contributed by atoms with Crippen molar-refractivity contribution in [2.45, 2.75) is 26.2 Å². The summed E-state index contributed by atoms with van der Waals surface area (Å²) in [5.74, 6) is -0.293. The van der Waals surface area contributed by atoms with Gasteiger partial charge in [0.1, 0.15) is 15.8 Å². The van der Waals surface area contributed by atoms with Crippen molar-refractivity contribution in [1.29, 1.82) is 0 Å². The fourth-order valence-corrected chi connectivity index (χ4v) is 2.90. The van der Waals surface area contributed by atoms with E-state index in [1.165, 1.54) is 17.4 Å². The van der Waals surface area contributed by atoms with Crippen LogP contribution in [0.15, 0.2) is 18.2 Å². The molecule has 0 aliphatic heterocycles. The van der Waals surface area contributed by atoms with E-state index in [9.17, 15) is 4.39 Å². The molecule has 1 heterocycles. The zero-order valence-corrected chi connectivity index (χ0v) is 12.9. The van der Waals surface area contributed by atoms with Gasteiger partial charge in [-0.1, -0.05) is 24.6 Å². The smallest absolute Gasteiger partial charge is 0.128 e. The van der Waals surface area contributed by atoms with E-state index in [0.29, 0.717) is 17.0 Å². The van der Waals surface area contributed by atoms with E-state index in [1.54, 1.807) is 12.1 Å². The highest BCUT2D eigenvalue weighted by molar-refractivity contribution is 7.11. The summed E-state index contributed by atoms with van der Waals surface area (Å²) in [5, 5.41) is 13.8. The summed E-state index contributed by atoms with van der Waals surface area (Å²) < 4.78 is 13.7. The van der Waals surface area contributed by atoms with Crippen molar-refractivity contribution in [1.82, 2.24) is 15.5 Å². The van der Waals surface area contributed by atoms with Gasteiger partial charge in [0, 0.05) is 30.0 Å². The number of rotatable bonds is 7. The Morgan fingerprint density at radius 2 is 2.05 bits per heavy atom. The maximum absolute atomic E-state index is 13.7. The number of aromatic nitrogens is 2. The molecule has 0 unspecified atom stereocenters. The molecule has 108 valence electrons. The van der Waals surface area contributed by atoms with Crippen molar-refractivity contribution in [2.24, 2.45) is 0 Å². The summed E-state index contributed by atoms with van der Waals surface area (Å²) in [4.78, 5) is 0. The van der Waals surface area contributed by atoms with E-state index >= 15 is 0 Å². The first kappa shape index (κ1) is 15.4. The number of hydrogen-bond donors (Lipinski definition) is 1. The molecule has 20 heavy (non-hydrogen) atoms. The standard InChI is InChI=1S/C14H17ClFN3S/c1-2-7-17-8-6-13-18-19-14(20-13)9-10-11(15)4-3-5-12(10)16/h3-5,17H,2,6-9H2,1H3. The monoisotopic (exact) mass is 313 g/mol. The molecule has 0 atom stereocenters. The number of benzene rings is 1. The average molecular weight is 314 g/mol. The SMILES string of the molecule is CCCNCCc1nnc(Cc2c(F)cccc2Cl)s1. The lowest BCUT2D eigenvalue weighted by Crippen LogP contribution is -2.17. The molecule has 0 aliphatic carbocycles. The van der Waals surface area contributed by atoms with Gasteiger partial charge in [-0.3, -0.25) is 0 Å². The third-order valence-electron chi connectivity index (χ3n) is 2.84. The van der Waals surface area contributed by atoms with E-state index in [1.807, 2.05) is 0 Å². The molecule has 1 aromatic heterocycles. The van der Waals surface area contributed by atoms with Crippen LogP contribution in [0.4, 0.5) is 4.39 Å². The first-order valence-corrected chi connectivity index (χ1v) is 7.85. The third kappa shape index (κ3) is 4.23. The maximum atomic E-state index is 13.7. The Morgan fingerprint density at radius 3 is 2.80 bits per heavy atom. The van der Waals surface area contributed by atoms with Gasteiger partial charge in [-0.25, -0.2) is 4.39 Å². The van der Waals surface area contributed by atoms with E-state index in [2.05, 4.69) is 22.4 Å². The average Bonchev–Trinajstić information content (AvgIpc) is 2.87. The van der Waals surface area contributed by atoms with Gasteiger partial charge in [0.05, 0.1) is 0 Å². The second kappa shape index (κ2) is 7.67. The number of nitrogens with zero attached hydrogens (tertiary/aromatic N) is 2. The number of hydrogen-bond acceptors (Lipinski definition) is 4. The number of nitrogens with one attached hydrogen (secondary N) is 1. The minimum Gasteiger partial charge on any atom is -0.316 e. The van der Waals surface area contributed by atoms with Crippen LogP contribution >= 0.6 is 22.9 Å². The Kier molecular flexibility index (Phi) is 5.88. The topological polar surface area (TPSA) is 37.8 Å². The Hall–Kier alpha value is -1.04. The molecule has 2 rings (SSSR count). The molecule has 0 amide bonds. The zero-order valence-electron chi connectivity index (χ0n) is 11.3. The molecule has 0 aliphatic rings. The van der Waals surface area contributed by atoms with Gasteiger partial charge in [0.15, 0.2) is 0 Å². The van der Waals surface area contributed by atoms with Crippen LogP contribution in [0.3, 0.4) is 0 Å². The van der Waals surface area contributed by atoms with Gasteiger partial charge < -0.3 is 5.32 Å². The number of halogens is 2. The predicted molar refractivity (Wildman–Crippen MR) is 81.0 cm³/mol. The van der Waals surface area contributed by atoms with Gasteiger partial charge >= 0.3 is 0 Å². The summed E-state index contributed by atoms with van der Waals surface area (Å²) in [7, 11) is 0. The highest BCUT2D eigenvalue weighted by Gasteiger charge is 2.11. The lowest BCUT2D eigenvalue weighted by atomic mass is 10.1. The van der Waals surface area contributed by atoms with Crippen molar-refractivity contribution in [3.05, 3.63) is 44.6 Å². The second-order valence-corrected chi connectivity index (χ2v) is 6.02. The summed E-state index contributed by atoms with van der Waals surface area (Å²) in [6.45, 7) is 4.04. The van der Waals surface area contributed by atoms with Crippen LogP contribution in [0, 0.1) is 5.82 Å². The molecule has 3 nitrogen and oxygen atoms in total. The van der Waals surface area contributed by atoms with Crippen LogP contribution in [0.2, 0.25) is 5.02 Å². The minimum absolute atomic E-state index is 0.293. The van der Waals surface area contributed by atoms with Crippen molar-refractivity contribution >= 4 is 22.9 Å². The molecule has 0 saturated heterocycles. The Labute approximate surface area is 127 Å². The van der Waals surface area contributed by atoms with Crippen molar-refractivity contribution in [3.8, 4) is 0 Å². The van der Waals surface area contributed by atoms with Crippen LogP contribution in [-0.4, -0.2) is 23.3 Å². The molecular weight excluding hydrogens is 297 g/mol. The summed E-state index contributed by atoms with van der Waals surface area (Å²) >= 11 is 7.53. The summed E-state index contributed by atoms with van der Waals surface area (Å²) in [5.41, 5.74) is 0.487. The van der Waals surface area contributed by atoms with Crippen molar-refractivity contribution in [2.75, 3.05) is 13.1 Å². The van der Waals surface area contributed by atoms with Gasteiger partial charge in [0.25, 0.3) is 0 Å². The van der Waals surface area contributed by atoms with Crippen molar-refractivity contribution in [3.63, 3.8) is 0 Å². The van der Waals surface area contributed by atoms with Crippen molar-refractivity contribution < 1.29 is 4.39 Å². The zero-order chi connectivity index (χ0) is 14.4. The molecular formula is C14H17ClFN3S. The van der Waals surface area contributed by atoms with E-state index in [4.69, 9.17) is 11.6 Å². The second-order valence-electron chi connectivity index (χ2n) is 4.47. The van der Waals surface area contributed by atoms with E-state index in [0.717, 1.165) is 35.9 Å². The Balaban J connectivity index is 1.96. The highest BCUT2D eigenvalue weighted by atomic mass is 35.5. The fraction of sp³-hybridized carbons (Fsp3) is 0.429. The van der Waals surface area contributed by atoms with Crippen LogP contribution in [0.1, 0.15) is 28.9 Å². The van der Waals surface area contributed by atoms with Crippen LogP contribution < -0.4 is 5.32 Å².